The monoisotopic (exact) mass is 264 g/mol. The molecule has 0 aliphatic carbocycles. The second-order valence-electron chi connectivity index (χ2n) is 3.10. The molecular weight excluding hydrogens is 256 g/mol. The van der Waals surface area contributed by atoms with Crippen LogP contribution >= 0.6 is 15.9 Å². The molecule has 0 saturated heterocycles. The molecule has 1 atom stereocenters. The number of halogens is 1. The molecule has 1 aromatic carbocycles. The van der Waals surface area contributed by atoms with Crippen molar-refractivity contribution in [3.63, 3.8) is 0 Å². The predicted molar refractivity (Wildman–Crippen MR) is 60.2 cm³/mol. The Morgan fingerprint density at radius 2 is 1.80 bits per heavy atom. The lowest BCUT2D eigenvalue weighted by molar-refractivity contribution is 0.218. The lowest BCUT2D eigenvalue weighted by Crippen LogP contribution is -2.01. The Morgan fingerprint density at radius 1 is 1.13 bits per heavy atom. The molecule has 4 heteroatoms. The zero-order chi connectivity index (χ0) is 10.7. The van der Waals surface area contributed by atoms with Crippen molar-refractivity contribution in [3.8, 4) is 0 Å². The molecule has 0 bridgehead atoms. The maximum absolute atomic E-state index is 10.1. The number of aliphatic hydroxyl groups excluding tert-OH is 1. The molecule has 0 spiro atoms. The largest absolute Gasteiger partial charge is 0.383 e. The summed E-state index contributed by atoms with van der Waals surface area (Å²) in [4.78, 5) is 7.75. The van der Waals surface area contributed by atoms with E-state index in [1.54, 1.807) is 12.4 Å². The summed E-state index contributed by atoms with van der Waals surface area (Å²) in [6.45, 7) is 0. The smallest absolute Gasteiger partial charge is 0.115 e. The van der Waals surface area contributed by atoms with Gasteiger partial charge in [0.15, 0.2) is 0 Å². The van der Waals surface area contributed by atoms with Crippen molar-refractivity contribution in [2.24, 2.45) is 0 Å². The second kappa shape index (κ2) is 4.51. The number of hydrogen-bond donors (Lipinski definition) is 1. The Balaban J connectivity index is 2.37. The van der Waals surface area contributed by atoms with Gasteiger partial charge in [-0.2, -0.15) is 0 Å². The van der Waals surface area contributed by atoms with Crippen molar-refractivity contribution < 1.29 is 5.11 Å². The quantitative estimate of drug-likeness (QED) is 0.906. The van der Waals surface area contributed by atoms with Crippen LogP contribution in [-0.4, -0.2) is 15.1 Å². The van der Waals surface area contributed by atoms with Gasteiger partial charge in [0.25, 0.3) is 0 Å². The molecule has 0 aliphatic rings. The minimum absolute atomic E-state index is 0.685. The number of aromatic nitrogens is 2. The number of rotatable bonds is 2. The Labute approximate surface area is 96.0 Å². The lowest BCUT2D eigenvalue weighted by Gasteiger charge is -2.11. The van der Waals surface area contributed by atoms with Gasteiger partial charge in [-0.1, -0.05) is 34.1 Å². The van der Waals surface area contributed by atoms with Gasteiger partial charge < -0.3 is 5.11 Å². The number of nitrogens with zero attached hydrogens (tertiary/aromatic N) is 2. The summed E-state index contributed by atoms with van der Waals surface area (Å²) in [7, 11) is 0. The fourth-order valence-electron chi connectivity index (χ4n) is 1.33. The topological polar surface area (TPSA) is 46.0 Å². The zero-order valence-electron chi connectivity index (χ0n) is 7.84. The minimum Gasteiger partial charge on any atom is -0.383 e. The summed E-state index contributed by atoms with van der Waals surface area (Å²) >= 11 is 3.39. The van der Waals surface area contributed by atoms with E-state index in [-0.39, 0.29) is 0 Å². The maximum Gasteiger partial charge on any atom is 0.115 e. The third-order valence-corrected chi connectivity index (χ3v) is 2.82. The normalized spacial score (nSPS) is 12.4. The molecule has 1 N–H and O–H groups in total. The summed E-state index contributed by atoms with van der Waals surface area (Å²) in [5.41, 5.74) is 1.50. The van der Waals surface area contributed by atoms with Crippen molar-refractivity contribution in [1.29, 1.82) is 0 Å². The molecule has 0 fully saturated rings. The highest BCUT2D eigenvalue weighted by molar-refractivity contribution is 9.10. The number of hydrogen-bond acceptors (Lipinski definition) is 3. The van der Waals surface area contributed by atoms with Crippen LogP contribution in [0.2, 0.25) is 0 Å². The van der Waals surface area contributed by atoms with Crippen LogP contribution in [0.25, 0.3) is 0 Å². The first-order valence-corrected chi connectivity index (χ1v) is 5.26. The summed E-state index contributed by atoms with van der Waals surface area (Å²) < 4.78 is 0.876. The van der Waals surface area contributed by atoms with Gasteiger partial charge in [0, 0.05) is 22.4 Å². The van der Waals surface area contributed by atoms with Crippen molar-refractivity contribution in [1.82, 2.24) is 9.97 Å². The number of benzene rings is 1. The van der Waals surface area contributed by atoms with Gasteiger partial charge in [0.2, 0.25) is 0 Å². The average molecular weight is 265 g/mol. The van der Waals surface area contributed by atoms with E-state index >= 15 is 0 Å². The van der Waals surface area contributed by atoms with Crippen LogP contribution in [0.3, 0.4) is 0 Å². The molecule has 1 unspecified atom stereocenters. The second-order valence-corrected chi connectivity index (χ2v) is 3.95. The van der Waals surface area contributed by atoms with Crippen LogP contribution in [0.1, 0.15) is 17.2 Å². The lowest BCUT2D eigenvalue weighted by atomic mass is 10.0. The Hall–Kier alpha value is -1.26. The molecule has 0 saturated carbocycles. The fraction of sp³-hybridized carbons (Fsp3) is 0.0909. The fourth-order valence-corrected chi connectivity index (χ4v) is 1.83. The van der Waals surface area contributed by atoms with Gasteiger partial charge >= 0.3 is 0 Å². The van der Waals surface area contributed by atoms with E-state index in [1.807, 2.05) is 24.3 Å². The van der Waals surface area contributed by atoms with Gasteiger partial charge in [0.1, 0.15) is 12.4 Å². The third-order valence-electron chi connectivity index (χ3n) is 2.10. The highest BCUT2D eigenvalue weighted by Crippen LogP contribution is 2.27. The van der Waals surface area contributed by atoms with Crippen molar-refractivity contribution >= 4 is 15.9 Å². The summed E-state index contributed by atoms with van der Waals surface area (Å²) in [6, 6.07) is 7.54. The van der Waals surface area contributed by atoms with E-state index in [0.29, 0.717) is 5.56 Å². The van der Waals surface area contributed by atoms with Crippen LogP contribution in [0.15, 0.2) is 47.5 Å². The van der Waals surface area contributed by atoms with Crippen molar-refractivity contribution in [2.45, 2.75) is 6.10 Å². The third kappa shape index (κ3) is 2.22. The van der Waals surface area contributed by atoms with E-state index in [2.05, 4.69) is 25.9 Å². The van der Waals surface area contributed by atoms with Crippen LogP contribution in [0.4, 0.5) is 0 Å². The Morgan fingerprint density at radius 3 is 2.47 bits per heavy atom. The molecule has 3 nitrogen and oxygen atoms in total. The minimum atomic E-state index is -0.693. The molecule has 1 aromatic heterocycles. The van der Waals surface area contributed by atoms with Gasteiger partial charge in [-0.05, 0) is 11.6 Å². The highest BCUT2D eigenvalue weighted by Gasteiger charge is 2.12. The van der Waals surface area contributed by atoms with E-state index in [4.69, 9.17) is 0 Å². The number of aliphatic hydroxyl groups is 1. The maximum atomic E-state index is 10.1. The van der Waals surface area contributed by atoms with E-state index in [0.717, 1.165) is 10.0 Å². The van der Waals surface area contributed by atoms with Crippen LogP contribution in [-0.2, 0) is 0 Å². The summed E-state index contributed by atoms with van der Waals surface area (Å²) in [5, 5.41) is 10.1. The summed E-state index contributed by atoms with van der Waals surface area (Å²) in [6.07, 6.45) is 3.96. The molecule has 2 rings (SSSR count). The Bertz CT molecular complexity index is 447. The summed E-state index contributed by atoms with van der Waals surface area (Å²) in [5.74, 6) is 0. The van der Waals surface area contributed by atoms with Gasteiger partial charge in [0.05, 0.1) is 0 Å². The van der Waals surface area contributed by atoms with Gasteiger partial charge in [-0.25, -0.2) is 9.97 Å². The Kier molecular flexibility index (Phi) is 3.08. The molecule has 0 aliphatic heterocycles. The molecule has 0 radical (unpaired) electrons. The van der Waals surface area contributed by atoms with Crippen LogP contribution in [0.5, 0.6) is 0 Å². The van der Waals surface area contributed by atoms with E-state index in [1.165, 1.54) is 6.33 Å². The van der Waals surface area contributed by atoms with E-state index < -0.39 is 6.10 Å². The standard InChI is InChI=1S/C11H9BrN2O/c12-10-4-2-1-3-9(10)11(15)8-5-13-7-14-6-8/h1-7,11,15H. The van der Waals surface area contributed by atoms with E-state index in [9.17, 15) is 5.11 Å². The predicted octanol–water partition coefficient (Wildman–Crippen LogP) is 2.32. The first-order chi connectivity index (χ1) is 7.29. The SMILES string of the molecule is OC(c1cncnc1)c1ccccc1Br. The van der Waals surface area contributed by atoms with Crippen molar-refractivity contribution in [3.05, 3.63) is 58.6 Å². The molecular formula is C11H9BrN2O. The van der Waals surface area contributed by atoms with Gasteiger partial charge in [-0.15, -0.1) is 0 Å². The first-order valence-electron chi connectivity index (χ1n) is 4.46. The average Bonchev–Trinajstić information content (AvgIpc) is 2.30. The zero-order valence-corrected chi connectivity index (χ0v) is 9.42. The highest BCUT2D eigenvalue weighted by atomic mass is 79.9. The first kappa shape index (κ1) is 10.3. The molecule has 2 aromatic rings. The van der Waals surface area contributed by atoms with Crippen LogP contribution < -0.4 is 0 Å². The molecule has 76 valence electrons. The molecule has 15 heavy (non-hydrogen) atoms. The molecule has 0 amide bonds. The van der Waals surface area contributed by atoms with Gasteiger partial charge in [-0.3, -0.25) is 0 Å². The van der Waals surface area contributed by atoms with Crippen LogP contribution in [0, 0.1) is 0 Å². The van der Waals surface area contributed by atoms with Crippen molar-refractivity contribution in [2.75, 3.05) is 0 Å². The molecule has 1 heterocycles.